The van der Waals surface area contributed by atoms with Gasteiger partial charge in [0.2, 0.25) is 5.39 Å². The number of nitrogens with one attached hydrogen (secondary N) is 1. The highest BCUT2D eigenvalue weighted by atomic mass is 32.1. The van der Waals surface area contributed by atoms with E-state index < -0.39 is 0 Å². The second kappa shape index (κ2) is 7.61. The first kappa shape index (κ1) is 13.4. The summed E-state index contributed by atoms with van der Waals surface area (Å²) in [6.45, 7) is 0. The first-order chi connectivity index (χ1) is 8.80. The molecule has 0 spiro atoms. The molecule has 2 aromatic rings. The molecule has 0 heterocycles. The van der Waals surface area contributed by atoms with Crippen LogP contribution < -0.4 is 5.32 Å². The van der Waals surface area contributed by atoms with Gasteiger partial charge in [0.05, 0.1) is 0 Å². The van der Waals surface area contributed by atoms with Gasteiger partial charge in [0.1, 0.15) is 0 Å². The summed E-state index contributed by atoms with van der Waals surface area (Å²) in [7, 11) is 0. The first-order valence-electron chi connectivity index (χ1n) is 5.08. The van der Waals surface area contributed by atoms with Crippen molar-refractivity contribution in [2.75, 3.05) is 5.32 Å². The highest BCUT2D eigenvalue weighted by Crippen LogP contribution is 2.19. The number of hydrogen-bond acceptors (Lipinski definition) is 4. The summed E-state index contributed by atoms with van der Waals surface area (Å²) in [5.74, 6) is 0. The maximum Gasteiger partial charge on any atom is 0.385 e. The van der Waals surface area contributed by atoms with Gasteiger partial charge in [-0.2, -0.15) is 0 Å². The van der Waals surface area contributed by atoms with Gasteiger partial charge in [0.15, 0.2) is 4.98 Å². The van der Waals surface area contributed by atoms with Crippen LogP contribution >= 0.6 is 0 Å². The van der Waals surface area contributed by atoms with Crippen LogP contribution in [0, 0.1) is 16.1 Å². The van der Waals surface area contributed by atoms with Crippen LogP contribution in [0.25, 0.3) is 4.98 Å². The Labute approximate surface area is 111 Å². The zero-order valence-electron chi connectivity index (χ0n) is 9.45. The van der Waals surface area contributed by atoms with E-state index in [1.807, 2.05) is 42.5 Å². The predicted molar refractivity (Wildman–Crippen MR) is 73.9 cm³/mol. The molecule has 0 fully saturated rings. The SMILES string of the molecule is N#C[S-].N#[N+]c1ccc(Nc2ccccc2)cc1. The van der Waals surface area contributed by atoms with Crippen LogP contribution in [0.3, 0.4) is 0 Å². The molecule has 1 N–H and O–H groups in total. The Morgan fingerprint density at radius 3 is 1.94 bits per heavy atom. The Balaban J connectivity index is 0.000000492. The number of nitriles is 1. The molecule has 5 heteroatoms. The molecular formula is C13H10N4S. The van der Waals surface area contributed by atoms with Crippen molar-refractivity contribution < 1.29 is 0 Å². The normalized spacial score (nSPS) is 8.11. The van der Waals surface area contributed by atoms with Crippen LogP contribution in [0.4, 0.5) is 17.1 Å². The maximum absolute atomic E-state index is 8.52. The van der Waals surface area contributed by atoms with Crippen molar-refractivity contribution in [3.63, 3.8) is 0 Å². The number of rotatable bonds is 2. The van der Waals surface area contributed by atoms with Crippen molar-refractivity contribution in [3.8, 4) is 5.40 Å². The number of diazo groups is 1. The number of nitrogens with zero attached hydrogens (tertiary/aromatic N) is 3. The van der Waals surface area contributed by atoms with Crippen LogP contribution in [0.15, 0.2) is 54.6 Å². The molecule has 0 radical (unpaired) electrons. The summed E-state index contributed by atoms with van der Waals surface area (Å²) in [5.41, 5.74) is 2.55. The van der Waals surface area contributed by atoms with Gasteiger partial charge in [-0.1, -0.05) is 23.6 Å². The van der Waals surface area contributed by atoms with Crippen LogP contribution in [0.1, 0.15) is 0 Å². The summed E-state index contributed by atoms with van der Waals surface area (Å²) in [6, 6.07) is 17.1. The Hall–Kier alpha value is -2.63. The Kier molecular flexibility index (Phi) is 5.68. The molecule has 0 saturated heterocycles. The maximum atomic E-state index is 8.52. The van der Waals surface area contributed by atoms with Gasteiger partial charge in [-0.25, -0.2) is 5.26 Å². The molecule has 0 aliphatic heterocycles. The zero-order valence-corrected chi connectivity index (χ0v) is 10.3. The molecule has 0 aliphatic carbocycles. The number of hydrogen-bond donors (Lipinski definition) is 1. The van der Waals surface area contributed by atoms with Crippen molar-refractivity contribution in [2.24, 2.45) is 0 Å². The summed E-state index contributed by atoms with van der Waals surface area (Å²) in [5, 5.41) is 20.2. The van der Waals surface area contributed by atoms with Crippen LogP contribution in [-0.2, 0) is 12.6 Å². The van der Waals surface area contributed by atoms with Gasteiger partial charge in [-0.3, -0.25) is 0 Å². The van der Waals surface area contributed by atoms with Crippen molar-refractivity contribution in [2.45, 2.75) is 0 Å². The lowest BCUT2D eigenvalue weighted by Gasteiger charge is -2.04. The molecule has 0 unspecified atom stereocenters. The fourth-order valence-corrected chi connectivity index (χ4v) is 1.30. The van der Waals surface area contributed by atoms with E-state index in [-0.39, 0.29) is 0 Å². The van der Waals surface area contributed by atoms with E-state index in [2.05, 4.69) is 22.9 Å². The van der Waals surface area contributed by atoms with E-state index in [0.717, 1.165) is 11.4 Å². The number of para-hydroxylation sites is 1. The van der Waals surface area contributed by atoms with Gasteiger partial charge in [-0.05, 0) is 24.3 Å². The summed E-state index contributed by atoms with van der Waals surface area (Å²) < 4.78 is 0. The molecule has 4 nitrogen and oxygen atoms in total. The minimum Gasteiger partial charge on any atom is -0.696 e. The molecule has 0 aliphatic rings. The third-order valence-corrected chi connectivity index (χ3v) is 2.05. The number of benzene rings is 2. The van der Waals surface area contributed by atoms with E-state index in [9.17, 15) is 0 Å². The van der Waals surface area contributed by atoms with Crippen LogP contribution in [-0.4, -0.2) is 0 Å². The second-order valence-electron chi connectivity index (χ2n) is 3.23. The zero-order chi connectivity index (χ0) is 13.2. The van der Waals surface area contributed by atoms with E-state index in [1.54, 1.807) is 12.1 Å². The van der Waals surface area contributed by atoms with Gasteiger partial charge in [0.25, 0.3) is 0 Å². The summed E-state index contributed by atoms with van der Waals surface area (Å²) >= 11 is 3.70. The van der Waals surface area contributed by atoms with Gasteiger partial charge in [0, 0.05) is 23.5 Å². The Bertz CT molecular complexity index is 552. The average molecular weight is 254 g/mol. The molecule has 18 heavy (non-hydrogen) atoms. The fraction of sp³-hybridized carbons (Fsp3) is 0. The summed E-state index contributed by atoms with van der Waals surface area (Å²) in [6.07, 6.45) is 0. The summed E-state index contributed by atoms with van der Waals surface area (Å²) in [4.78, 5) is 3.09. The molecule has 0 amide bonds. The molecule has 2 aromatic carbocycles. The third-order valence-electron chi connectivity index (χ3n) is 2.05. The van der Waals surface area contributed by atoms with E-state index in [4.69, 9.17) is 10.7 Å². The second-order valence-corrected chi connectivity index (χ2v) is 3.41. The lowest BCUT2D eigenvalue weighted by Crippen LogP contribution is -1.88. The lowest BCUT2D eigenvalue weighted by molar-refractivity contribution is 1.46. The van der Waals surface area contributed by atoms with E-state index in [1.165, 1.54) is 5.40 Å². The fourth-order valence-electron chi connectivity index (χ4n) is 1.30. The van der Waals surface area contributed by atoms with E-state index in [0.29, 0.717) is 5.69 Å². The standard InChI is InChI=1S/C12H10N3.CHNS/c13-15-12-8-6-11(7-9-12)14-10-4-2-1-3-5-10;2-1-3/h1-9,14H;3H/q+1;/p-1. The van der Waals surface area contributed by atoms with Crippen LogP contribution in [0.2, 0.25) is 0 Å². The van der Waals surface area contributed by atoms with Crippen LogP contribution in [0.5, 0.6) is 0 Å². The first-order valence-corrected chi connectivity index (χ1v) is 5.49. The minimum atomic E-state index is 0.550. The molecular weight excluding hydrogens is 244 g/mol. The Morgan fingerprint density at radius 2 is 1.44 bits per heavy atom. The smallest absolute Gasteiger partial charge is 0.385 e. The molecule has 2 rings (SSSR count). The predicted octanol–water partition coefficient (Wildman–Crippen LogP) is 3.93. The van der Waals surface area contributed by atoms with Gasteiger partial charge >= 0.3 is 5.69 Å². The number of thiocyanates is 1. The van der Waals surface area contributed by atoms with Crippen molar-refractivity contribution >= 4 is 29.7 Å². The molecule has 0 bridgehead atoms. The van der Waals surface area contributed by atoms with Gasteiger partial charge < -0.3 is 17.9 Å². The topological polar surface area (TPSA) is 64.0 Å². The van der Waals surface area contributed by atoms with Crippen molar-refractivity contribution in [1.82, 2.24) is 0 Å². The average Bonchev–Trinajstić information content (AvgIpc) is 2.42. The molecule has 0 aromatic heterocycles. The molecule has 88 valence electrons. The largest absolute Gasteiger partial charge is 0.696 e. The molecule has 0 atom stereocenters. The quantitative estimate of drug-likeness (QED) is 0.501. The van der Waals surface area contributed by atoms with Crippen molar-refractivity contribution in [1.29, 1.82) is 10.7 Å². The number of anilines is 2. The highest BCUT2D eigenvalue weighted by molar-refractivity contribution is 7.64. The van der Waals surface area contributed by atoms with Crippen molar-refractivity contribution in [3.05, 3.63) is 59.6 Å². The third kappa shape index (κ3) is 4.48. The highest BCUT2D eigenvalue weighted by Gasteiger charge is 2.02. The van der Waals surface area contributed by atoms with Gasteiger partial charge in [-0.15, -0.1) is 0 Å². The Morgan fingerprint density at radius 1 is 0.944 bits per heavy atom. The minimum absolute atomic E-state index is 0.550. The monoisotopic (exact) mass is 254 g/mol. The molecule has 0 saturated carbocycles. The lowest BCUT2D eigenvalue weighted by atomic mass is 10.2. The van der Waals surface area contributed by atoms with E-state index >= 15 is 0 Å².